The second-order valence-electron chi connectivity index (χ2n) is 5.00. The number of aryl methyl sites for hydroxylation is 1. The first-order valence-electron chi connectivity index (χ1n) is 6.68. The average molecular weight is 299 g/mol. The number of hydrogen-bond acceptors (Lipinski definition) is 6. The van der Waals surface area contributed by atoms with E-state index in [1.54, 1.807) is 0 Å². The van der Waals surface area contributed by atoms with Gasteiger partial charge in [0.1, 0.15) is 5.82 Å². The number of likely N-dealkylation sites (N-methyl/N-ethyl adjacent to an activating group) is 1. The van der Waals surface area contributed by atoms with Gasteiger partial charge in [0.05, 0.1) is 19.0 Å². The van der Waals surface area contributed by atoms with Gasteiger partial charge in [-0.3, -0.25) is 9.89 Å². The van der Waals surface area contributed by atoms with Crippen LogP contribution >= 0.6 is 11.8 Å². The third kappa shape index (κ3) is 5.10. The molecule has 0 bridgehead atoms. The van der Waals surface area contributed by atoms with Gasteiger partial charge in [-0.15, -0.1) is 5.10 Å². The average Bonchev–Trinajstić information content (AvgIpc) is 2.72. The third-order valence-corrected chi connectivity index (χ3v) is 3.89. The van der Waals surface area contributed by atoms with E-state index in [4.69, 9.17) is 4.74 Å². The normalized spacial score (nSPS) is 20.6. The van der Waals surface area contributed by atoms with Gasteiger partial charge in [-0.2, -0.15) is 0 Å². The molecule has 0 radical (unpaired) electrons. The van der Waals surface area contributed by atoms with Crippen molar-refractivity contribution in [3.05, 3.63) is 5.82 Å². The van der Waals surface area contributed by atoms with Crippen LogP contribution in [0, 0.1) is 12.8 Å². The minimum Gasteiger partial charge on any atom is -0.380 e. The fraction of sp³-hybridized carbons (Fsp3) is 0.750. The monoisotopic (exact) mass is 299 g/mol. The summed E-state index contributed by atoms with van der Waals surface area (Å²) in [5.41, 5.74) is 0. The van der Waals surface area contributed by atoms with E-state index in [9.17, 15) is 4.79 Å². The molecular formula is C12H21N5O2S. The molecule has 1 fully saturated rings. The zero-order valence-corrected chi connectivity index (χ0v) is 12.7. The summed E-state index contributed by atoms with van der Waals surface area (Å²) in [6.07, 6.45) is 0. The van der Waals surface area contributed by atoms with Crippen LogP contribution in [0.1, 0.15) is 5.82 Å². The molecule has 7 nitrogen and oxygen atoms in total. The highest BCUT2D eigenvalue weighted by Crippen LogP contribution is 2.11. The molecular weight excluding hydrogens is 278 g/mol. The summed E-state index contributed by atoms with van der Waals surface area (Å²) in [6, 6.07) is 0. The number of H-pyrrole nitrogens is 1. The molecule has 112 valence electrons. The fourth-order valence-corrected chi connectivity index (χ4v) is 2.68. The maximum atomic E-state index is 11.8. The van der Waals surface area contributed by atoms with Crippen molar-refractivity contribution in [2.45, 2.75) is 12.1 Å². The summed E-state index contributed by atoms with van der Waals surface area (Å²) in [7, 11) is 2.07. The van der Waals surface area contributed by atoms with Crippen LogP contribution < -0.4 is 5.32 Å². The van der Waals surface area contributed by atoms with Crippen LogP contribution in [0.3, 0.4) is 0 Å². The number of aromatic amines is 1. The van der Waals surface area contributed by atoms with Crippen molar-refractivity contribution in [3.63, 3.8) is 0 Å². The molecule has 1 aliphatic rings. The molecule has 1 aromatic rings. The molecule has 1 aliphatic heterocycles. The number of hydrogen-bond donors (Lipinski definition) is 2. The summed E-state index contributed by atoms with van der Waals surface area (Å²) < 4.78 is 5.52. The Hall–Kier alpha value is -1.12. The number of nitrogens with one attached hydrogen (secondary N) is 2. The predicted octanol–water partition coefficient (Wildman–Crippen LogP) is -0.100. The molecule has 0 aliphatic carbocycles. The van der Waals surface area contributed by atoms with E-state index in [2.05, 4.69) is 32.4 Å². The Morgan fingerprint density at radius 2 is 2.50 bits per heavy atom. The topological polar surface area (TPSA) is 83.1 Å². The minimum atomic E-state index is 0.00403. The van der Waals surface area contributed by atoms with Gasteiger partial charge in [0.15, 0.2) is 0 Å². The van der Waals surface area contributed by atoms with Crippen LogP contribution in [-0.2, 0) is 9.53 Å². The Morgan fingerprint density at radius 1 is 1.65 bits per heavy atom. The van der Waals surface area contributed by atoms with Gasteiger partial charge in [0.25, 0.3) is 0 Å². The zero-order chi connectivity index (χ0) is 14.4. The van der Waals surface area contributed by atoms with E-state index in [1.807, 2.05) is 6.92 Å². The van der Waals surface area contributed by atoms with Crippen molar-refractivity contribution in [2.75, 3.05) is 45.6 Å². The van der Waals surface area contributed by atoms with E-state index in [1.165, 1.54) is 11.8 Å². The highest BCUT2D eigenvalue weighted by atomic mass is 32.2. The number of carbonyl (C=O) groups is 1. The Bertz CT molecular complexity index is 439. The Balaban J connectivity index is 1.66. The van der Waals surface area contributed by atoms with Crippen LogP contribution in [0.4, 0.5) is 0 Å². The SMILES string of the molecule is Cc1nc(SCC(=O)NCC2COCCN(C)C2)n[nH]1. The predicted molar refractivity (Wildman–Crippen MR) is 76.7 cm³/mol. The van der Waals surface area contributed by atoms with Gasteiger partial charge in [-0.1, -0.05) is 11.8 Å². The molecule has 1 amide bonds. The molecule has 0 spiro atoms. The molecule has 2 heterocycles. The van der Waals surface area contributed by atoms with Gasteiger partial charge in [0, 0.05) is 25.6 Å². The van der Waals surface area contributed by atoms with Crippen molar-refractivity contribution in [1.29, 1.82) is 0 Å². The second-order valence-corrected chi connectivity index (χ2v) is 5.94. The standard InChI is InChI=1S/C12H21N5O2S/c1-9-14-12(16-15-9)20-8-11(18)13-5-10-6-17(2)3-4-19-7-10/h10H,3-8H2,1-2H3,(H,13,18)(H,14,15,16). The van der Waals surface area contributed by atoms with Crippen molar-refractivity contribution in [2.24, 2.45) is 5.92 Å². The van der Waals surface area contributed by atoms with Gasteiger partial charge < -0.3 is 15.0 Å². The lowest BCUT2D eigenvalue weighted by Crippen LogP contribution is -2.36. The third-order valence-electron chi connectivity index (χ3n) is 3.04. The first kappa shape index (κ1) is 15.3. The Labute approximate surface area is 122 Å². The Kier molecular flexibility index (Phi) is 5.81. The molecule has 20 heavy (non-hydrogen) atoms. The van der Waals surface area contributed by atoms with E-state index in [0.717, 1.165) is 25.5 Å². The van der Waals surface area contributed by atoms with Gasteiger partial charge in [0.2, 0.25) is 11.1 Å². The van der Waals surface area contributed by atoms with Crippen LogP contribution in [0.2, 0.25) is 0 Å². The van der Waals surface area contributed by atoms with Crippen LogP contribution in [0.5, 0.6) is 0 Å². The summed E-state index contributed by atoms with van der Waals surface area (Å²) >= 11 is 1.33. The van der Waals surface area contributed by atoms with Gasteiger partial charge >= 0.3 is 0 Å². The lowest BCUT2D eigenvalue weighted by Gasteiger charge is -2.19. The van der Waals surface area contributed by atoms with Crippen LogP contribution in [0.15, 0.2) is 5.16 Å². The van der Waals surface area contributed by atoms with Crippen molar-refractivity contribution in [1.82, 2.24) is 25.4 Å². The molecule has 1 unspecified atom stereocenters. The molecule has 1 atom stereocenters. The lowest BCUT2D eigenvalue weighted by molar-refractivity contribution is -0.118. The van der Waals surface area contributed by atoms with Crippen molar-refractivity contribution < 1.29 is 9.53 Å². The molecule has 2 rings (SSSR count). The summed E-state index contributed by atoms with van der Waals surface area (Å²) in [5, 5.41) is 10.3. The number of amides is 1. The summed E-state index contributed by atoms with van der Waals surface area (Å²) in [5.74, 6) is 1.44. The quantitative estimate of drug-likeness (QED) is 0.739. The lowest BCUT2D eigenvalue weighted by atomic mass is 10.1. The molecule has 0 aromatic carbocycles. The van der Waals surface area contributed by atoms with Crippen LogP contribution in [-0.4, -0.2) is 71.6 Å². The van der Waals surface area contributed by atoms with Gasteiger partial charge in [-0.25, -0.2) is 4.98 Å². The van der Waals surface area contributed by atoms with Crippen LogP contribution in [0.25, 0.3) is 0 Å². The number of ether oxygens (including phenoxy) is 1. The molecule has 8 heteroatoms. The smallest absolute Gasteiger partial charge is 0.230 e. The van der Waals surface area contributed by atoms with E-state index in [0.29, 0.717) is 30.0 Å². The number of thioether (sulfide) groups is 1. The van der Waals surface area contributed by atoms with E-state index in [-0.39, 0.29) is 5.91 Å². The maximum absolute atomic E-state index is 11.8. The maximum Gasteiger partial charge on any atom is 0.230 e. The number of rotatable bonds is 5. The van der Waals surface area contributed by atoms with Crippen molar-refractivity contribution in [3.8, 4) is 0 Å². The summed E-state index contributed by atoms with van der Waals surface area (Å²) in [4.78, 5) is 18.2. The minimum absolute atomic E-state index is 0.00403. The Morgan fingerprint density at radius 3 is 3.25 bits per heavy atom. The number of aromatic nitrogens is 3. The van der Waals surface area contributed by atoms with Crippen molar-refractivity contribution >= 4 is 17.7 Å². The molecule has 0 saturated carbocycles. The first-order valence-corrected chi connectivity index (χ1v) is 7.67. The molecule has 1 aromatic heterocycles. The van der Waals surface area contributed by atoms with E-state index < -0.39 is 0 Å². The zero-order valence-electron chi connectivity index (χ0n) is 11.9. The van der Waals surface area contributed by atoms with Gasteiger partial charge in [-0.05, 0) is 14.0 Å². The number of carbonyl (C=O) groups excluding carboxylic acids is 1. The number of nitrogens with zero attached hydrogens (tertiary/aromatic N) is 3. The highest BCUT2D eigenvalue weighted by Gasteiger charge is 2.17. The molecule has 1 saturated heterocycles. The largest absolute Gasteiger partial charge is 0.380 e. The van der Waals surface area contributed by atoms with E-state index >= 15 is 0 Å². The molecule has 2 N–H and O–H groups in total. The fourth-order valence-electron chi connectivity index (χ4n) is 2.00. The highest BCUT2D eigenvalue weighted by molar-refractivity contribution is 7.99. The first-order chi connectivity index (χ1) is 9.63. The second kappa shape index (κ2) is 7.61. The summed E-state index contributed by atoms with van der Waals surface area (Å²) in [6.45, 7) is 5.85.